The van der Waals surface area contributed by atoms with E-state index >= 15 is 0 Å². The first-order chi connectivity index (χ1) is 12.2. The number of pyridine rings is 1. The fourth-order valence-electron chi connectivity index (χ4n) is 3.12. The van der Waals surface area contributed by atoms with Gasteiger partial charge in [-0.2, -0.15) is 0 Å². The monoisotopic (exact) mass is 355 g/mol. The van der Waals surface area contributed by atoms with E-state index in [0.29, 0.717) is 10.8 Å². The van der Waals surface area contributed by atoms with Crippen molar-refractivity contribution in [2.24, 2.45) is 5.92 Å². The van der Waals surface area contributed by atoms with Gasteiger partial charge in [0.1, 0.15) is 5.82 Å². The van der Waals surface area contributed by atoms with Crippen LogP contribution in [-0.4, -0.2) is 33.9 Å². The summed E-state index contributed by atoms with van der Waals surface area (Å²) in [6.45, 7) is 1.60. The molecule has 4 rings (SSSR count). The number of aromatic amines is 1. The van der Waals surface area contributed by atoms with Crippen LogP contribution in [0.2, 0.25) is 5.02 Å². The number of benzene rings is 1. The van der Waals surface area contributed by atoms with Gasteiger partial charge in [-0.25, -0.2) is 9.97 Å². The van der Waals surface area contributed by atoms with Crippen molar-refractivity contribution in [1.29, 1.82) is 0 Å². The van der Waals surface area contributed by atoms with Gasteiger partial charge in [0.15, 0.2) is 0 Å². The SMILES string of the molecule is O=C(Nc1ccc(Cl)cn1)C1CCN(c2nc3ccccc3[nH]2)CC1. The fourth-order valence-corrected chi connectivity index (χ4v) is 3.23. The lowest BCUT2D eigenvalue weighted by Gasteiger charge is -2.30. The number of halogens is 1. The first kappa shape index (κ1) is 15.9. The molecule has 7 heteroatoms. The van der Waals surface area contributed by atoms with Crippen molar-refractivity contribution in [3.8, 4) is 0 Å². The first-order valence-corrected chi connectivity index (χ1v) is 8.69. The highest BCUT2D eigenvalue weighted by atomic mass is 35.5. The van der Waals surface area contributed by atoms with Gasteiger partial charge in [0, 0.05) is 25.2 Å². The smallest absolute Gasteiger partial charge is 0.228 e. The standard InChI is InChI=1S/C18H18ClN5O/c19-13-5-6-16(20-11-13)23-17(25)12-7-9-24(10-8-12)18-21-14-3-1-2-4-15(14)22-18/h1-6,11-12H,7-10H2,(H,21,22)(H,20,23,25). The lowest BCUT2D eigenvalue weighted by atomic mass is 9.96. The van der Waals surface area contributed by atoms with Crippen LogP contribution in [0.15, 0.2) is 42.6 Å². The highest BCUT2D eigenvalue weighted by Crippen LogP contribution is 2.24. The summed E-state index contributed by atoms with van der Waals surface area (Å²) in [5, 5.41) is 3.42. The van der Waals surface area contributed by atoms with E-state index < -0.39 is 0 Å². The quantitative estimate of drug-likeness (QED) is 0.754. The highest BCUT2D eigenvalue weighted by molar-refractivity contribution is 6.30. The van der Waals surface area contributed by atoms with Crippen molar-refractivity contribution in [3.63, 3.8) is 0 Å². The molecule has 25 heavy (non-hydrogen) atoms. The topological polar surface area (TPSA) is 73.9 Å². The van der Waals surface area contributed by atoms with Crippen LogP contribution in [0.3, 0.4) is 0 Å². The molecule has 6 nitrogen and oxygen atoms in total. The molecule has 1 saturated heterocycles. The number of hydrogen-bond acceptors (Lipinski definition) is 4. The average molecular weight is 356 g/mol. The molecular formula is C18H18ClN5O. The molecule has 0 atom stereocenters. The molecule has 0 unspecified atom stereocenters. The summed E-state index contributed by atoms with van der Waals surface area (Å²) in [5.74, 6) is 1.41. The molecule has 3 heterocycles. The molecule has 0 bridgehead atoms. The van der Waals surface area contributed by atoms with Gasteiger partial charge in [0.05, 0.1) is 16.1 Å². The zero-order valence-corrected chi connectivity index (χ0v) is 14.3. The fraction of sp³-hybridized carbons (Fsp3) is 0.278. The molecule has 2 N–H and O–H groups in total. The van der Waals surface area contributed by atoms with E-state index in [1.165, 1.54) is 6.20 Å². The first-order valence-electron chi connectivity index (χ1n) is 8.31. The largest absolute Gasteiger partial charge is 0.342 e. The second-order valence-electron chi connectivity index (χ2n) is 6.19. The Hall–Kier alpha value is -2.60. The van der Waals surface area contributed by atoms with Crippen molar-refractivity contribution in [3.05, 3.63) is 47.6 Å². The van der Waals surface area contributed by atoms with E-state index in [9.17, 15) is 4.79 Å². The molecule has 1 aliphatic heterocycles. The summed E-state index contributed by atoms with van der Waals surface area (Å²) in [6.07, 6.45) is 3.11. The predicted molar refractivity (Wildman–Crippen MR) is 98.9 cm³/mol. The summed E-state index contributed by atoms with van der Waals surface area (Å²) < 4.78 is 0. The van der Waals surface area contributed by atoms with Crippen LogP contribution >= 0.6 is 11.6 Å². The molecule has 3 aromatic rings. The Balaban J connectivity index is 1.37. The summed E-state index contributed by atoms with van der Waals surface area (Å²) in [5.41, 5.74) is 2.00. The summed E-state index contributed by atoms with van der Waals surface area (Å²) in [4.78, 5) is 26.7. The Morgan fingerprint density at radius 2 is 2.00 bits per heavy atom. The maximum atomic E-state index is 12.4. The summed E-state index contributed by atoms with van der Waals surface area (Å²) in [7, 11) is 0. The second kappa shape index (κ2) is 6.72. The number of fused-ring (bicyclic) bond motifs is 1. The van der Waals surface area contributed by atoms with Crippen molar-refractivity contribution in [2.45, 2.75) is 12.8 Å². The zero-order valence-electron chi connectivity index (χ0n) is 13.6. The normalized spacial score (nSPS) is 15.5. The number of hydrogen-bond donors (Lipinski definition) is 2. The minimum Gasteiger partial charge on any atom is -0.342 e. The molecule has 1 aliphatic rings. The van der Waals surface area contributed by atoms with Crippen LogP contribution in [-0.2, 0) is 4.79 Å². The maximum Gasteiger partial charge on any atom is 0.228 e. The molecule has 0 radical (unpaired) electrons. The number of carbonyl (C=O) groups is 1. The van der Waals surface area contributed by atoms with E-state index in [1.54, 1.807) is 12.1 Å². The van der Waals surface area contributed by atoms with Gasteiger partial charge in [-0.15, -0.1) is 0 Å². The molecule has 2 aromatic heterocycles. The number of anilines is 2. The Morgan fingerprint density at radius 3 is 2.72 bits per heavy atom. The lowest BCUT2D eigenvalue weighted by Crippen LogP contribution is -2.38. The van der Waals surface area contributed by atoms with Crippen LogP contribution < -0.4 is 10.2 Å². The van der Waals surface area contributed by atoms with Gasteiger partial charge in [-0.05, 0) is 37.1 Å². The molecule has 0 aliphatic carbocycles. The molecule has 0 saturated carbocycles. The summed E-state index contributed by atoms with van der Waals surface area (Å²) >= 11 is 5.81. The number of H-pyrrole nitrogens is 1. The Kier molecular flexibility index (Phi) is 4.28. The molecule has 128 valence electrons. The molecule has 0 spiro atoms. The zero-order chi connectivity index (χ0) is 17.2. The summed E-state index contributed by atoms with van der Waals surface area (Å²) in [6, 6.07) is 11.4. The molecule has 1 amide bonds. The highest BCUT2D eigenvalue weighted by Gasteiger charge is 2.26. The number of nitrogens with zero attached hydrogens (tertiary/aromatic N) is 3. The van der Waals surface area contributed by atoms with E-state index in [2.05, 4.69) is 25.2 Å². The van der Waals surface area contributed by atoms with Gasteiger partial charge in [-0.3, -0.25) is 4.79 Å². The minimum absolute atomic E-state index is 0.0130. The van der Waals surface area contributed by atoms with Gasteiger partial charge in [0.2, 0.25) is 11.9 Å². The number of imidazole rings is 1. The average Bonchev–Trinajstić information content (AvgIpc) is 3.08. The van der Waals surface area contributed by atoms with Crippen LogP contribution in [0.25, 0.3) is 11.0 Å². The third-order valence-electron chi connectivity index (χ3n) is 4.52. The number of amides is 1. The molecule has 1 fully saturated rings. The van der Waals surface area contributed by atoms with Crippen molar-refractivity contribution >= 4 is 40.3 Å². The number of nitrogens with one attached hydrogen (secondary N) is 2. The van der Waals surface area contributed by atoms with Crippen LogP contribution in [0, 0.1) is 5.92 Å². The van der Waals surface area contributed by atoms with E-state index in [0.717, 1.165) is 42.9 Å². The van der Waals surface area contributed by atoms with Gasteiger partial charge < -0.3 is 15.2 Å². The van der Waals surface area contributed by atoms with E-state index in [1.807, 2.05) is 24.3 Å². The van der Waals surface area contributed by atoms with Crippen LogP contribution in [0.1, 0.15) is 12.8 Å². The predicted octanol–water partition coefficient (Wildman–Crippen LogP) is 3.47. The van der Waals surface area contributed by atoms with E-state index in [4.69, 9.17) is 11.6 Å². The Labute approximate surface area is 150 Å². The third kappa shape index (κ3) is 3.44. The minimum atomic E-state index is -0.0156. The third-order valence-corrected chi connectivity index (χ3v) is 4.74. The van der Waals surface area contributed by atoms with Gasteiger partial charge >= 0.3 is 0 Å². The molecule has 1 aromatic carbocycles. The number of piperidine rings is 1. The Bertz CT molecular complexity index is 851. The van der Waals surface area contributed by atoms with Crippen LogP contribution in [0.4, 0.5) is 11.8 Å². The number of carbonyl (C=O) groups excluding carboxylic acids is 1. The number of aromatic nitrogens is 3. The number of rotatable bonds is 3. The van der Waals surface area contributed by atoms with Crippen molar-refractivity contribution < 1.29 is 4.79 Å². The van der Waals surface area contributed by atoms with Gasteiger partial charge in [-0.1, -0.05) is 23.7 Å². The van der Waals surface area contributed by atoms with E-state index in [-0.39, 0.29) is 11.8 Å². The maximum absolute atomic E-state index is 12.4. The second-order valence-corrected chi connectivity index (χ2v) is 6.63. The van der Waals surface area contributed by atoms with Crippen molar-refractivity contribution in [2.75, 3.05) is 23.3 Å². The molecular weight excluding hydrogens is 338 g/mol. The Morgan fingerprint density at radius 1 is 1.20 bits per heavy atom. The van der Waals surface area contributed by atoms with Crippen molar-refractivity contribution in [1.82, 2.24) is 15.0 Å². The van der Waals surface area contributed by atoms with Gasteiger partial charge in [0.25, 0.3) is 0 Å². The van der Waals surface area contributed by atoms with Crippen LogP contribution in [0.5, 0.6) is 0 Å². The number of para-hydroxylation sites is 2. The lowest BCUT2D eigenvalue weighted by molar-refractivity contribution is -0.120.